The molecule has 2 aliphatic rings. The van der Waals surface area contributed by atoms with Gasteiger partial charge >= 0.3 is 6.03 Å². The minimum atomic E-state index is -0.940. The van der Waals surface area contributed by atoms with Crippen LogP contribution in [-0.2, 0) is 4.74 Å². The van der Waals surface area contributed by atoms with Crippen LogP contribution in [-0.4, -0.2) is 57.7 Å². The second-order valence-corrected chi connectivity index (χ2v) is 10.8. The number of urea groups is 1. The molecule has 11 heteroatoms. The van der Waals surface area contributed by atoms with Gasteiger partial charge in [0.25, 0.3) is 0 Å². The van der Waals surface area contributed by atoms with E-state index in [1.54, 1.807) is 31.1 Å². The van der Waals surface area contributed by atoms with E-state index < -0.39 is 17.1 Å². The van der Waals surface area contributed by atoms with Gasteiger partial charge in [0.1, 0.15) is 18.0 Å². The number of carbonyl (C=O) groups is 1. The Kier molecular flexibility index (Phi) is 7.01. The van der Waals surface area contributed by atoms with E-state index in [2.05, 4.69) is 31.8 Å². The van der Waals surface area contributed by atoms with Gasteiger partial charge in [0.05, 0.1) is 36.0 Å². The molecule has 0 radical (unpaired) electrons. The number of rotatable bonds is 5. The summed E-state index contributed by atoms with van der Waals surface area (Å²) in [6, 6.07) is 15.3. The average Bonchev–Trinajstić information content (AvgIpc) is 3.37. The lowest BCUT2D eigenvalue weighted by Crippen LogP contribution is -2.56. The highest BCUT2D eigenvalue weighted by Gasteiger charge is 2.38. The number of fused-ring (bicyclic) bond motifs is 1. The third kappa shape index (κ3) is 5.05. The van der Waals surface area contributed by atoms with Crippen molar-refractivity contribution in [3.63, 3.8) is 0 Å². The third-order valence-electron chi connectivity index (χ3n) is 6.75. The van der Waals surface area contributed by atoms with Crippen LogP contribution in [0.2, 0.25) is 0 Å². The fourth-order valence-electron chi connectivity index (χ4n) is 4.49. The molecule has 2 aromatic carbocycles. The fourth-order valence-corrected chi connectivity index (χ4v) is 5.62. The molecule has 3 aromatic rings. The van der Waals surface area contributed by atoms with Gasteiger partial charge in [-0.2, -0.15) is 10.2 Å². The number of hydrogen-bond acceptors (Lipinski definition) is 9. The van der Waals surface area contributed by atoms with Crippen LogP contribution in [0.25, 0.3) is 21.5 Å². The maximum absolute atomic E-state index is 13.2. The molecule has 2 atom stereocenters. The van der Waals surface area contributed by atoms with E-state index in [9.17, 15) is 15.0 Å². The van der Waals surface area contributed by atoms with Crippen LogP contribution >= 0.6 is 11.8 Å². The molecular weight excluding hydrogens is 502 g/mol. The Morgan fingerprint density at radius 3 is 2.89 bits per heavy atom. The number of nitrogens with one attached hydrogen (secondary N) is 2. The number of carbonyl (C=O) groups excluding carboxylic acids is 1. The summed E-state index contributed by atoms with van der Waals surface area (Å²) in [7, 11) is 0. The van der Waals surface area contributed by atoms with Gasteiger partial charge in [-0.05, 0) is 50.6 Å². The zero-order chi connectivity index (χ0) is 26.9. The zero-order valence-electron chi connectivity index (χ0n) is 21.3. The molecular formula is C27H27N7O3S. The quantitative estimate of drug-likeness (QED) is 0.470. The third-order valence-corrected chi connectivity index (χ3v) is 7.89. The van der Waals surface area contributed by atoms with Gasteiger partial charge in [0.2, 0.25) is 0 Å². The minimum Gasteiger partial charge on any atom is -0.372 e. The Morgan fingerprint density at radius 1 is 1.26 bits per heavy atom. The van der Waals surface area contributed by atoms with E-state index in [1.807, 2.05) is 43.3 Å². The number of ether oxygens (including phenoxy) is 1. The molecule has 0 saturated carbocycles. The molecule has 5 rings (SSSR count). The van der Waals surface area contributed by atoms with Crippen molar-refractivity contribution in [3.05, 3.63) is 76.1 Å². The van der Waals surface area contributed by atoms with Crippen LogP contribution in [0.5, 0.6) is 0 Å². The summed E-state index contributed by atoms with van der Waals surface area (Å²) in [5.74, 6) is 0. The van der Waals surface area contributed by atoms with Crippen LogP contribution in [0.3, 0.4) is 0 Å². The second kappa shape index (κ2) is 10.4. The minimum absolute atomic E-state index is 0.265. The van der Waals surface area contributed by atoms with Crippen molar-refractivity contribution >= 4 is 39.3 Å². The SMILES string of the molecule is Cc1ncnc2ccc(C3=C(c4cccc(C#N)c4)NC(NC(=O)N4CCOC(C(C)(C)N=O)C4)S3)cc12. The van der Waals surface area contributed by atoms with E-state index in [4.69, 9.17) is 4.74 Å². The van der Waals surface area contributed by atoms with Gasteiger partial charge in [-0.1, -0.05) is 35.1 Å². The lowest BCUT2D eigenvalue weighted by molar-refractivity contribution is -0.0457. The van der Waals surface area contributed by atoms with Crippen molar-refractivity contribution in [1.29, 1.82) is 5.26 Å². The fraction of sp³-hybridized carbons (Fsp3) is 0.333. The molecule has 38 heavy (non-hydrogen) atoms. The molecule has 2 aliphatic heterocycles. The molecule has 3 heterocycles. The Morgan fingerprint density at radius 2 is 2.11 bits per heavy atom. The van der Waals surface area contributed by atoms with Gasteiger partial charge in [0, 0.05) is 28.1 Å². The van der Waals surface area contributed by atoms with E-state index in [0.29, 0.717) is 18.7 Å². The number of amides is 2. The summed E-state index contributed by atoms with van der Waals surface area (Å²) < 4.78 is 5.72. The number of hydrogen-bond donors (Lipinski definition) is 2. The first-order valence-corrected chi connectivity index (χ1v) is 13.1. The first-order valence-electron chi connectivity index (χ1n) is 12.2. The lowest BCUT2D eigenvalue weighted by Gasteiger charge is -2.38. The molecule has 1 fully saturated rings. The van der Waals surface area contributed by atoms with Crippen molar-refractivity contribution in [1.82, 2.24) is 25.5 Å². The summed E-state index contributed by atoms with van der Waals surface area (Å²) in [6.45, 7) is 6.36. The van der Waals surface area contributed by atoms with E-state index in [-0.39, 0.29) is 12.6 Å². The van der Waals surface area contributed by atoms with Crippen molar-refractivity contribution in [3.8, 4) is 6.07 Å². The molecule has 194 valence electrons. The molecule has 0 bridgehead atoms. The van der Waals surface area contributed by atoms with Gasteiger partial charge in [-0.15, -0.1) is 0 Å². The Bertz CT molecular complexity index is 1480. The maximum atomic E-state index is 13.2. The summed E-state index contributed by atoms with van der Waals surface area (Å²) >= 11 is 1.48. The topological polar surface area (TPSA) is 133 Å². The number of nitriles is 1. The van der Waals surface area contributed by atoms with Crippen LogP contribution in [0.15, 0.2) is 54.0 Å². The van der Waals surface area contributed by atoms with Gasteiger partial charge in [-0.25, -0.2) is 14.8 Å². The van der Waals surface area contributed by atoms with E-state index >= 15 is 0 Å². The molecule has 2 amide bonds. The summed E-state index contributed by atoms with van der Waals surface area (Å²) in [6.07, 6.45) is 1.07. The molecule has 2 unspecified atom stereocenters. The average molecular weight is 530 g/mol. The van der Waals surface area contributed by atoms with E-state index in [0.717, 1.165) is 38.3 Å². The number of thioether (sulfide) groups is 1. The van der Waals surface area contributed by atoms with Crippen LogP contribution in [0.4, 0.5) is 4.79 Å². The molecule has 0 aliphatic carbocycles. The van der Waals surface area contributed by atoms with Gasteiger partial charge in [-0.3, -0.25) is 0 Å². The number of aryl methyl sites for hydroxylation is 1. The predicted octanol–water partition coefficient (Wildman–Crippen LogP) is 4.21. The van der Waals surface area contributed by atoms with Gasteiger partial charge in [0.15, 0.2) is 5.50 Å². The molecule has 1 saturated heterocycles. The first-order chi connectivity index (χ1) is 18.3. The first kappa shape index (κ1) is 25.6. The summed E-state index contributed by atoms with van der Waals surface area (Å²) in [5, 5.41) is 20.1. The summed E-state index contributed by atoms with van der Waals surface area (Å²) in [5.41, 5.74) is 3.48. The Hall–Kier alpha value is -4.01. The smallest absolute Gasteiger partial charge is 0.319 e. The standard InChI is InChI=1S/C27H27N7O3S/c1-16-20-12-19(7-8-21(20)30-15-29-16)24-23(18-6-4-5-17(11-18)13-28)31-25(38-24)32-26(35)34-9-10-37-22(14-34)27(2,3)33-36/h4-8,11-12,15,22,25,31H,9-10,14H2,1-3H3,(H,32,35). The van der Waals surface area contributed by atoms with Crippen molar-refractivity contribution in [2.45, 2.75) is 37.9 Å². The Labute approximate surface area is 224 Å². The zero-order valence-corrected chi connectivity index (χ0v) is 22.1. The van der Waals surface area contributed by atoms with Crippen molar-refractivity contribution in [2.75, 3.05) is 19.7 Å². The number of nitroso groups, excluding NO2 is 1. The highest BCUT2D eigenvalue weighted by atomic mass is 32.2. The monoisotopic (exact) mass is 529 g/mol. The number of benzene rings is 2. The number of aromatic nitrogens is 2. The van der Waals surface area contributed by atoms with Crippen molar-refractivity contribution < 1.29 is 9.53 Å². The molecule has 0 spiro atoms. The molecule has 10 nitrogen and oxygen atoms in total. The molecule has 1 aromatic heterocycles. The largest absolute Gasteiger partial charge is 0.372 e. The predicted molar refractivity (Wildman–Crippen MR) is 146 cm³/mol. The highest BCUT2D eigenvalue weighted by Crippen LogP contribution is 2.42. The summed E-state index contributed by atoms with van der Waals surface area (Å²) in [4.78, 5) is 35.8. The number of nitrogens with zero attached hydrogens (tertiary/aromatic N) is 5. The molecule has 2 N–H and O–H groups in total. The number of morpholine rings is 1. The van der Waals surface area contributed by atoms with Crippen LogP contribution in [0.1, 0.15) is 36.2 Å². The Balaban J connectivity index is 1.43. The maximum Gasteiger partial charge on any atom is 0.319 e. The van der Waals surface area contributed by atoms with Crippen LogP contribution in [0, 0.1) is 23.2 Å². The normalized spacial score (nSPS) is 19.7. The lowest BCUT2D eigenvalue weighted by atomic mass is 9.97. The van der Waals surface area contributed by atoms with Gasteiger partial charge < -0.3 is 20.3 Å². The van der Waals surface area contributed by atoms with E-state index in [1.165, 1.54) is 11.8 Å². The second-order valence-electron chi connectivity index (χ2n) is 9.73. The highest BCUT2D eigenvalue weighted by molar-refractivity contribution is 8.09. The van der Waals surface area contributed by atoms with Crippen LogP contribution < -0.4 is 10.6 Å². The van der Waals surface area contributed by atoms with Crippen molar-refractivity contribution in [2.24, 2.45) is 5.18 Å².